The van der Waals surface area contributed by atoms with E-state index >= 15 is 0 Å². The second kappa shape index (κ2) is 9.04. The lowest BCUT2D eigenvalue weighted by atomic mass is 9.89. The van der Waals surface area contributed by atoms with Gasteiger partial charge in [0.15, 0.2) is 0 Å². The van der Waals surface area contributed by atoms with E-state index in [-0.39, 0.29) is 0 Å². The highest BCUT2D eigenvalue weighted by Gasteiger charge is 2.38. The van der Waals surface area contributed by atoms with Gasteiger partial charge in [-0.25, -0.2) is 8.42 Å². The highest BCUT2D eigenvalue weighted by molar-refractivity contribution is 7.72. The molecule has 1 amide bonds. The number of hydrogen-bond donors (Lipinski definition) is 4. The Labute approximate surface area is 121 Å². The fraction of sp³-hybridized carbons (Fsp3) is 0.833. The largest absolute Gasteiger partial charge is 0.340 e. The number of carbonyl (C=O) groups is 1. The van der Waals surface area contributed by atoms with E-state index in [0.717, 1.165) is 6.42 Å². The Hall–Kier alpha value is -0.990. The molecule has 0 saturated carbocycles. The summed E-state index contributed by atoms with van der Waals surface area (Å²) < 4.78 is 21.8. The van der Waals surface area contributed by atoms with Crippen molar-refractivity contribution in [2.24, 2.45) is 17.4 Å². The van der Waals surface area contributed by atoms with Crippen LogP contribution in [0.15, 0.2) is 0 Å². The van der Waals surface area contributed by atoms with Crippen molar-refractivity contribution in [1.29, 1.82) is 0 Å². The lowest BCUT2D eigenvalue weighted by molar-refractivity contribution is -0.124. The average Bonchev–Trinajstić information content (AvgIpc) is 2.36. The minimum Gasteiger partial charge on any atom is -0.340 e. The van der Waals surface area contributed by atoms with Crippen molar-refractivity contribution in [3.05, 3.63) is 0 Å². The Kier molecular flexibility index (Phi) is 8.59. The Bertz CT molecular complexity index is 390. The van der Waals surface area contributed by atoms with E-state index in [4.69, 9.17) is 11.5 Å². The maximum Gasteiger partial charge on any atom is 0.237 e. The Morgan fingerprint density at radius 1 is 1.35 bits per heavy atom. The monoisotopic (exact) mass is 306 g/mol. The van der Waals surface area contributed by atoms with Crippen LogP contribution >= 0.6 is 0 Å². The molecule has 0 rings (SSSR count). The molecule has 20 heavy (non-hydrogen) atoms. The lowest BCUT2D eigenvalue weighted by Crippen LogP contribution is -2.60. The zero-order valence-electron chi connectivity index (χ0n) is 11.9. The third-order valence-corrected chi connectivity index (χ3v) is 3.96. The first-order valence-electron chi connectivity index (χ1n) is 6.58. The van der Waals surface area contributed by atoms with E-state index in [1.165, 1.54) is 0 Å². The van der Waals surface area contributed by atoms with E-state index in [1.807, 2.05) is 0 Å². The van der Waals surface area contributed by atoms with Crippen molar-refractivity contribution in [1.82, 2.24) is 5.32 Å². The lowest BCUT2D eigenvalue weighted by Gasteiger charge is -2.31. The van der Waals surface area contributed by atoms with Gasteiger partial charge in [0.25, 0.3) is 0 Å². The summed E-state index contributed by atoms with van der Waals surface area (Å²) in [6.07, 6.45) is 3.54. The molecule has 1 radical (unpaired) electrons. The Morgan fingerprint density at radius 3 is 2.35 bits per heavy atom. The zero-order valence-corrected chi connectivity index (χ0v) is 12.8. The molecule has 0 fully saturated rings. The van der Waals surface area contributed by atoms with Gasteiger partial charge in [0.05, 0.1) is 11.8 Å². The predicted molar refractivity (Wildman–Crippen MR) is 77.5 cm³/mol. The minimum atomic E-state index is -2.82. The summed E-state index contributed by atoms with van der Waals surface area (Å²) in [5.74, 6) is -1.44. The fourth-order valence-corrected chi connectivity index (χ4v) is 2.61. The molecule has 0 aliphatic rings. The van der Waals surface area contributed by atoms with Crippen LogP contribution in [0.5, 0.6) is 0 Å². The number of thiol groups is 1. The van der Waals surface area contributed by atoms with E-state index in [1.54, 1.807) is 20.1 Å². The molecule has 7 nitrogen and oxygen atoms in total. The van der Waals surface area contributed by atoms with Gasteiger partial charge >= 0.3 is 0 Å². The SMILES string of the molecule is CC(C)[C@]([C]=O)(C[SH](=O)=O)NC(=O)[C@@H](N)CCCCN. The number of amides is 1. The zero-order chi connectivity index (χ0) is 15.8. The van der Waals surface area contributed by atoms with E-state index in [9.17, 15) is 18.0 Å². The van der Waals surface area contributed by atoms with Crippen molar-refractivity contribution >= 4 is 22.9 Å². The highest BCUT2D eigenvalue weighted by Crippen LogP contribution is 2.16. The number of rotatable bonds is 10. The van der Waals surface area contributed by atoms with E-state index in [0.29, 0.717) is 19.4 Å². The number of nitrogens with two attached hydrogens (primary N) is 2. The van der Waals surface area contributed by atoms with Gasteiger partial charge in [-0.05, 0) is 25.3 Å². The van der Waals surface area contributed by atoms with Gasteiger partial charge in [-0.1, -0.05) is 20.3 Å². The molecule has 0 aromatic heterocycles. The van der Waals surface area contributed by atoms with Crippen LogP contribution in [0.2, 0.25) is 0 Å². The van der Waals surface area contributed by atoms with Crippen molar-refractivity contribution in [3.63, 3.8) is 0 Å². The second-order valence-electron chi connectivity index (χ2n) is 5.10. The molecule has 0 aliphatic heterocycles. The fourth-order valence-electron chi connectivity index (χ4n) is 1.70. The maximum absolute atomic E-state index is 12.0. The number of carbonyl (C=O) groups excluding carboxylic acids is 2. The smallest absolute Gasteiger partial charge is 0.237 e. The molecule has 8 heteroatoms. The van der Waals surface area contributed by atoms with Crippen LogP contribution in [0, 0.1) is 5.92 Å². The molecule has 5 N–H and O–H groups in total. The van der Waals surface area contributed by atoms with Crippen molar-refractivity contribution in [3.8, 4) is 0 Å². The van der Waals surface area contributed by atoms with Crippen LogP contribution in [-0.2, 0) is 20.3 Å². The van der Waals surface area contributed by atoms with Gasteiger partial charge in [-0.2, -0.15) is 0 Å². The summed E-state index contributed by atoms with van der Waals surface area (Å²) in [5, 5.41) is 2.44. The van der Waals surface area contributed by atoms with Crippen LogP contribution in [0.4, 0.5) is 0 Å². The molecule has 0 aliphatic carbocycles. The molecular formula is C12H24N3O4S. The maximum atomic E-state index is 12.0. The molecule has 0 unspecified atom stereocenters. The number of unbranched alkanes of at least 4 members (excludes halogenated alkanes) is 1. The first-order valence-corrected chi connectivity index (χ1v) is 7.94. The first kappa shape index (κ1) is 19.0. The third kappa shape index (κ3) is 5.98. The molecule has 0 heterocycles. The molecule has 0 aromatic rings. The summed E-state index contributed by atoms with van der Waals surface area (Å²) >= 11 is 0. The predicted octanol–water partition coefficient (Wildman–Crippen LogP) is -1.33. The highest BCUT2D eigenvalue weighted by atomic mass is 32.2. The van der Waals surface area contributed by atoms with Crippen molar-refractivity contribution in [2.45, 2.75) is 44.7 Å². The van der Waals surface area contributed by atoms with Gasteiger partial charge < -0.3 is 16.8 Å². The second-order valence-corrected chi connectivity index (χ2v) is 6.08. The third-order valence-electron chi connectivity index (χ3n) is 3.20. The number of hydrogen-bond acceptors (Lipinski definition) is 6. The molecular weight excluding hydrogens is 282 g/mol. The van der Waals surface area contributed by atoms with Crippen LogP contribution in [-0.4, -0.2) is 44.5 Å². The van der Waals surface area contributed by atoms with E-state index < -0.39 is 39.9 Å². The Balaban J connectivity index is 4.80. The Morgan fingerprint density at radius 2 is 1.95 bits per heavy atom. The summed E-state index contributed by atoms with van der Waals surface area (Å²) in [6, 6.07) is -0.794. The topological polar surface area (TPSA) is 132 Å². The molecule has 0 bridgehead atoms. The minimum absolute atomic E-state index is 0.409. The van der Waals surface area contributed by atoms with Crippen LogP contribution < -0.4 is 16.8 Å². The normalized spacial score (nSPS) is 15.9. The van der Waals surface area contributed by atoms with Gasteiger partial charge in [0.1, 0.15) is 16.2 Å². The van der Waals surface area contributed by atoms with Gasteiger partial charge in [0, 0.05) is 0 Å². The van der Waals surface area contributed by atoms with Crippen molar-refractivity contribution < 1.29 is 18.0 Å². The molecule has 0 aromatic carbocycles. The molecule has 117 valence electrons. The summed E-state index contributed by atoms with van der Waals surface area (Å²) in [5.41, 5.74) is 9.52. The van der Waals surface area contributed by atoms with Gasteiger partial charge in [-0.3, -0.25) is 9.59 Å². The number of nitrogens with one attached hydrogen (secondary N) is 1. The van der Waals surface area contributed by atoms with E-state index in [2.05, 4.69) is 5.32 Å². The van der Waals surface area contributed by atoms with Crippen molar-refractivity contribution in [2.75, 3.05) is 12.3 Å². The quantitative estimate of drug-likeness (QED) is 0.292. The summed E-state index contributed by atoms with van der Waals surface area (Å²) in [6.45, 7) is 3.80. The van der Waals surface area contributed by atoms with Gasteiger partial charge in [0.2, 0.25) is 12.2 Å². The summed E-state index contributed by atoms with van der Waals surface area (Å²) in [7, 11) is -2.82. The van der Waals surface area contributed by atoms with Crippen LogP contribution in [0.25, 0.3) is 0 Å². The first-order chi connectivity index (χ1) is 9.29. The summed E-state index contributed by atoms with van der Waals surface area (Å²) in [4.78, 5) is 23.1. The van der Waals surface area contributed by atoms with Gasteiger partial charge in [-0.15, -0.1) is 0 Å². The molecule has 0 saturated heterocycles. The molecule has 0 spiro atoms. The van der Waals surface area contributed by atoms with Crippen LogP contribution in [0.1, 0.15) is 33.1 Å². The van der Waals surface area contributed by atoms with Crippen LogP contribution in [0.3, 0.4) is 0 Å². The standard InChI is InChI=1S/C12H24N3O4S/c1-9(2)12(7-16,8-20(18)19)15-11(17)10(14)5-3-4-6-13/h9-10,20H,3-6,8,13-14H2,1-2H3,(H,15,17)/t10-,12-/m0/s1. The molecule has 2 atom stereocenters. The average molecular weight is 306 g/mol.